The number of benzene rings is 1. The number of aliphatic hydroxyl groups is 1. The number of nitro groups is 1. The van der Waals surface area contributed by atoms with E-state index in [1.807, 2.05) is 0 Å². The van der Waals surface area contributed by atoms with E-state index < -0.39 is 17.5 Å². The second kappa shape index (κ2) is 6.09. The number of methoxy groups -OCH3 is 1. The molecule has 110 valence electrons. The summed E-state index contributed by atoms with van der Waals surface area (Å²) in [5.74, 6) is -0.729. The number of aliphatic hydroxyl groups excluding tert-OH is 1. The Morgan fingerprint density at radius 1 is 1.48 bits per heavy atom. The maximum Gasteiger partial charge on any atom is 0.360 e. The van der Waals surface area contributed by atoms with E-state index in [2.05, 4.69) is 15.0 Å². The molecule has 0 aliphatic rings. The topological polar surface area (TPSA) is 120 Å². The Hall–Kier alpha value is -2.81. The second-order valence-electron chi connectivity index (χ2n) is 4.08. The first-order valence-electron chi connectivity index (χ1n) is 5.92. The molecule has 0 amide bonds. The Morgan fingerprint density at radius 3 is 2.81 bits per heavy atom. The normalized spacial score (nSPS) is 10.4. The number of nitro benzene ring substituents is 1. The molecular weight excluding hydrogens is 280 g/mol. The van der Waals surface area contributed by atoms with Gasteiger partial charge in [0, 0.05) is 6.07 Å². The average molecular weight is 292 g/mol. The lowest BCUT2D eigenvalue weighted by Gasteiger charge is -2.06. The van der Waals surface area contributed by atoms with Crippen LogP contribution in [0.3, 0.4) is 0 Å². The van der Waals surface area contributed by atoms with Crippen molar-refractivity contribution in [1.82, 2.24) is 15.0 Å². The number of hydrogen-bond acceptors (Lipinski definition) is 7. The third-order valence-corrected chi connectivity index (χ3v) is 2.87. The Balaban J connectivity index is 2.39. The van der Waals surface area contributed by atoms with E-state index in [0.717, 1.165) is 0 Å². The third kappa shape index (κ3) is 2.87. The van der Waals surface area contributed by atoms with Gasteiger partial charge in [0.05, 0.1) is 36.4 Å². The standard InChI is InChI=1S/C12H12N4O5/c1-21-12(18)11-10(7-17)15(14-13-11)6-8-4-2-3-5-9(8)16(19)20/h2-5,17H,6-7H2,1H3. The van der Waals surface area contributed by atoms with Crippen LogP contribution >= 0.6 is 0 Å². The van der Waals surface area contributed by atoms with Gasteiger partial charge in [-0.3, -0.25) is 10.1 Å². The average Bonchev–Trinajstić information content (AvgIpc) is 2.89. The fourth-order valence-electron chi connectivity index (χ4n) is 1.86. The van der Waals surface area contributed by atoms with Gasteiger partial charge in [0.25, 0.3) is 5.69 Å². The number of rotatable bonds is 5. The molecule has 21 heavy (non-hydrogen) atoms. The molecule has 0 spiro atoms. The Bertz CT molecular complexity index is 682. The van der Waals surface area contributed by atoms with Gasteiger partial charge in [0.1, 0.15) is 0 Å². The fraction of sp³-hybridized carbons (Fsp3) is 0.250. The Labute approximate surface area is 118 Å². The van der Waals surface area contributed by atoms with Crippen molar-refractivity contribution >= 4 is 11.7 Å². The summed E-state index contributed by atoms with van der Waals surface area (Å²) in [7, 11) is 1.19. The molecule has 2 rings (SSSR count). The summed E-state index contributed by atoms with van der Waals surface area (Å²) in [6.07, 6.45) is 0. The van der Waals surface area contributed by atoms with Gasteiger partial charge in [-0.15, -0.1) is 5.10 Å². The van der Waals surface area contributed by atoms with Crippen LogP contribution in [0.1, 0.15) is 21.7 Å². The summed E-state index contributed by atoms with van der Waals surface area (Å²) in [6.45, 7) is -0.477. The van der Waals surface area contributed by atoms with Crippen LogP contribution in [-0.2, 0) is 17.9 Å². The smallest absolute Gasteiger partial charge is 0.360 e. The SMILES string of the molecule is COC(=O)c1nnn(Cc2ccccc2[N+](=O)[O-])c1CO. The van der Waals surface area contributed by atoms with Gasteiger partial charge in [0.15, 0.2) is 5.69 Å². The van der Waals surface area contributed by atoms with Crippen LogP contribution < -0.4 is 0 Å². The Morgan fingerprint density at radius 2 is 2.19 bits per heavy atom. The molecule has 0 radical (unpaired) electrons. The van der Waals surface area contributed by atoms with Gasteiger partial charge in [-0.2, -0.15) is 0 Å². The maximum atomic E-state index is 11.5. The highest BCUT2D eigenvalue weighted by atomic mass is 16.6. The van der Waals surface area contributed by atoms with Crippen LogP contribution in [0.25, 0.3) is 0 Å². The van der Waals surface area contributed by atoms with Gasteiger partial charge in [-0.25, -0.2) is 9.48 Å². The number of carbonyl (C=O) groups is 1. The first kappa shape index (κ1) is 14.6. The zero-order chi connectivity index (χ0) is 15.4. The fourth-order valence-corrected chi connectivity index (χ4v) is 1.86. The van der Waals surface area contributed by atoms with E-state index in [-0.39, 0.29) is 23.6 Å². The number of aromatic nitrogens is 3. The molecule has 0 aliphatic heterocycles. The predicted octanol–water partition coefficient (Wildman–Crippen LogP) is 0.513. The number of carbonyl (C=O) groups excluding carboxylic acids is 1. The number of hydrogen-bond donors (Lipinski definition) is 1. The van der Waals surface area contributed by atoms with Crippen molar-refractivity contribution in [2.45, 2.75) is 13.2 Å². The van der Waals surface area contributed by atoms with Crippen molar-refractivity contribution in [3.8, 4) is 0 Å². The molecular formula is C12H12N4O5. The highest BCUT2D eigenvalue weighted by Crippen LogP contribution is 2.19. The summed E-state index contributed by atoms with van der Waals surface area (Å²) in [5.41, 5.74) is 0.341. The van der Waals surface area contributed by atoms with Crippen molar-refractivity contribution < 1.29 is 19.6 Å². The molecule has 0 atom stereocenters. The highest BCUT2D eigenvalue weighted by molar-refractivity contribution is 5.88. The molecule has 9 heteroatoms. The minimum Gasteiger partial charge on any atom is -0.464 e. The first-order chi connectivity index (χ1) is 10.1. The molecule has 1 aromatic heterocycles. The maximum absolute atomic E-state index is 11.5. The van der Waals surface area contributed by atoms with Gasteiger partial charge < -0.3 is 9.84 Å². The van der Waals surface area contributed by atoms with Crippen LogP contribution in [0.5, 0.6) is 0 Å². The molecule has 0 saturated heterocycles. The summed E-state index contributed by atoms with van der Waals surface area (Å²) < 4.78 is 5.76. The molecule has 0 fully saturated rings. The number of nitrogens with zero attached hydrogens (tertiary/aromatic N) is 4. The minimum absolute atomic E-state index is 0.0110. The predicted molar refractivity (Wildman–Crippen MR) is 69.5 cm³/mol. The lowest BCUT2D eigenvalue weighted by Crippen LogP contribution is -2.11. The second-order valence-corrected chi connectivity index (χ2v) is 4.08. The quantitative estimate of drug-likeness (QED) is 0.484. The zero-order valence-electron chi connectivity index (χ0n) is 11.1. The molecule has 1 heterocycles. The van der Waals surface area contributed by atoms with Crippen molar-refractivity contribution in [3.05, 3.63) is 51.3 Å². The summed E-state index contributed by atoms with van der Waals surface area (Å²) in [6, 6.07) is 6.14. The van der Waals surface area contributed by atoms with Crippen LogP contribution in [0, 0.1) is 10.1 Å². The largest absolute Gasteiger partial charge is 0.464 e. The molecule has 2 aromatic rings. The van der Waals surface area contributed by atoms with Gasteiger partial charge in [-0.1, -0.05) is 23.4 Å². The molecule has 1 aromatic carbocycles. The van der Waals surface area contributed by atoms with Gasteiger partial charge in [0.2, 0.25) is 0 Å². The lowest BCUT2D eigenvalue weighted by atomic mass is 10.2. The van der Waals surface area contributed by atoms with Crippen LogP contribution in [0.15, 0.2) is 24.3 Å². The summed E-state index contributed by atoms with van der Waals surface area (Å²) in [4.78, 5) is 21.9. The van der Waals surface area contributed by atoms with Crippen molar-refractivity contribution in [2.75, 3.05) is 7.11 Å². The number of para-hydroxylation sites is 1. The number of esters is 1. The van der Waals surface area contributed by atoms with E-state index >= 15 is 0 Å². The molecule has 0 saturated carbocycles. The number of ether oxygens (including phenoxy) is 1. The van der Waals surface area contributed by atoms with Crippen molar-refractivity contribution in [3.63, 3.8) is 0 Å². The van der Waals surface area contributed by atoms with Crippen LogP contribution in [-0.4, -0.2) is 38.1 Å². The minimum atomic E-state index is -0.729. The van der Waals surface area contributed by atoms with Crippen LogP contribution in [0.2, 0.25) is 0 Å². The first-order valence-corrected chi connectivity index (χ1v) is 5.92. The van der Waals surface area contributed by atoms with Crippen LogP contribution in [0.4, 0.5) is 5.69 Å². The molecule has 0 aliphatic carbocycles. The van der Waals surface area contributed by atoms with Crippen molar-refractivity contribution in [2.24, 2.45) is 0 Å². The van der Waals surface area contributed by atoms with E-state index in [1.54, 1.807) is 18.2 Å². The molecule has 9 nitrogen and oxygen atoms in total. The summed E-state index contributed by atoms with van der Waals surface area (Å²) >= 11 is 0. The monoisotopic (exact) mass is 292 g/mol. The highest BCUT2D eigenvalue weighted by Gasteiger charge is 2.21. The Kier molecular flexibility index (Phi) is 4.24. The van der Waals surface area contributed by atoms with Gasteiger partial charge >= 0.3 is 5.97 Å². The van der Waals surface area contributed by atoms with E-state index in [1.165, 1.54) is 17.9 Å². The molecule has 1 N–H and O–H groups in total. The van der Waals surface area contributed by atoms with E-state index in [0.29, 0.717) is 5.56 Å². The van der Waals surface area contributed by atoms with Crippen molar-refractivity contribution in [1.29, 1.82) is 0 Å². The molecule has 0 bridgehead atoms. The van der Waals surface area contributed by atoms with E-state index in [4.69, 9.17) is 0 Å². The van der Waals surface area contributed by atoms with Gasteiger partial charge in [-0.05, 0) is 0 Å². The summed E-state index contributed by atoms with van der Waals surface area (Å²) in [5, 5.41) is 27.7. The van der Waals surface area contributed by atoms with E-state index in [9.17, 15) is 20.0 Å². The third-order valence-electron chi connectivity index (χ3n) is 2.87. The lowest BCUT2D eigenvalue weighted by molar-refractivity contribution is -0.385. The molecule has 0 unspecified atom stereocenters. The zero-order valence-corrected chi connectivity index (χ0v) is 11.1.